The summed E-state index contributed by atoms with van der Waals surface area (Å²) in [6.45, 7) is 0. The van der Waals surface area contributed by atoms with E-state index in [2.05, 4.69) is 24.9 Å². The number of halogens is 5. The van der Waals surface area contributed by atoms with E-state index in [0.717, 1.165) is 17.6 Å². The summed E-state index contributed by atoms with van der Waals surface area (Å²) in [5.41, 5.74) is 0.300. The molecule has 12 heteroatoms. The maximum atomic E-state index is 14.3. The number of methoxy groups -OCH3 is 1. The minimum absolute atomic E-state index is 0.0368. The Morgan fingerprint density at radius 1 is 1.18 bits per heavy atom. The summed E-state index contributed by atoms with van der Waals surface area (Å²) >= 11 is 0. The van der Waals surface area contributed by atoms with Crippen LogP contribution in [0, 0.1) is 5.82 Å². The molecule has 148 valence electrons. The quantitative estimate of drug-likeness (QED) is 0.612. The number of alkyl halides is 4. The molecule has 1 aliphatic carbocycles. The van der Waals surface area contributed by atoms with Crippen molar-refractivity contribution in [1.82, 2.24) is 24.6 Å². The maximum absolute atomic E-state index is 14.3. The van der Waals surface area contributed by atoms with Gasteiger partial charge < -0.3 is 9.47 Å². The van der Waals surface area contributed by atoms with Crippen LogP contribution in [-0.2, 0) is 10.8 Å². The van der Waals surface area contributed by atoms with Gasteiger partial charge in [0.05, 0.1) is 11.9 Å². The van der Waals surface area contributed by atoms with Crippen molar-refractivity contribution >= 4 is 5.65 Å². The molecule has 0 unspecified atom stereocenters. The van der Waals surface area contributed by atoms with Crippen molar-refractivity contribution in [2.24, 2.45) is 0 Å². The van der Waals surface area contributed by atoms with Crippen LogP contribution in [-0.4, -0.2) is 43.7 Å². The average Bonchev–Trinajstić information content (AvgIpc) is 3.05. The molecule has 4 rings (SSSR count). The molecule has 0 atom stereocenters. The lowest BCUT2D eigenvalue weighted by molar-refractivity contribution is -0.237. The Hall–Kier alpha value is -2.89. The van der Waals surface area contributed by atoms with Crippen molar-refractivity contribution in [3.05, 3.63) is 36.3 Å². The van der Waals surface area contributed by atoms with Crippen molar-refractivity contribution in [3.8, 4) is 17.1 Å². The standard InChI is InChI=1S/C16H12F5N5O2/c1-27-16(20,21)14-25-24-12-6-22-11(7-26(12)14)8-2-10(17)13(23-5-8)28-9-3-15(18,19)4-9/h2,5-7,9H,3-4H2,1H3. The number of nitrogens with zero attached hydrogens (tertiary/aromatic N) is 5. The molecule has 3 aromatic heterocycles. The summed E-state index contributed by atoms with van der Waals surface area (Å²) in [6, 6.07) is 1.02. The Morgan fingerprint density at radius 2 is 1.93 bits per heavy atom. The Kier molecular flexibility index (Phi) is 4.17. The van der Waals surface area contributed by atoms with Gasteiger partial charge in [0.1, 0.15) is 6.10 Å². The number of fused-ring (bicyclic) bond motifs is 1. The third-order valence-corrected chi connectivity index (χ3v) is 4.24. The Morgan fingerprint density at radius 3 is 2.57 bits per heavy atom. The fourth-order valence-corrected chi connectivity index (χ4v) is 2.74. The van der Waals surface area contributed by atoms with Crippen LogP contribution >= 0.6 is 0 Å². The van der Waals surface area contributed by atoms with E-state index in [9.17, 15) is 22.0 Å². The van der Waals surface area contributed by atoms with Crippen LogP contribution in [0.15, 0.2) is 24.7 Å². The minimum atomic E-state index is -3.69. The molecule has 3 heterocycles. The van der Waals surface area contributed by atoms with Gasteiger partial charge >= 0.3 is 6.11 Å². The van der Waals surface area contributed by atoms with Crippen LogP contribution in [0.3, 0.4) is 0 Å². The lowest BCUT2D eigenvalue weighted by Gasteiger charge is -2.34. The predicted molar refractivity (Wildman–Crippen MR) is 83.5 cm³/mol. The van der Waals surface area contributed by atoms with Gasteiger partial charge in [-0.3, -0.25) is 9.38 Å². The Bertz CT molecular complexity index is 1030. The molecule has 3 aromatic rings. The van der Waals surface area contributed by atoms with Crippen molar-refractivity contribution in [2.45, 2.75) is 31.0 Å². The molecule has 0 bridgehead atoms. The number of hydrogen-bond acceptors (Lipinski definition) is 6. The first-order valence-corrected chi connectivity index (χ1v) is 8.03. The van der Waals surface area contributed by atoms with E-state index in [0.29, 0.717) is 0 Å². The van der Waals surface area contributed by atoms with Crippen molar-refractivity contribution in [2.75, 3.05) is 7.11 Å². The summed E-state index contributed by atoms with van der Waals surface area (Å²) in [4.78, 5) is 7.80. The number of rotatable bonds is 5. The third-order valence-electron chi connectivity index (χ3n) is 4.24. The molecule has 0 saturated heterocycles. The van der Waals surface area contributed by atoms with Gasteiger partial charge in [-0.25, -0.2) is 18.2 Å². The monoisotopic (exact) mass is 401 g/mol. The van der Waals surface area contributed by atoms with Crippen LogP contribution in [0.1, 0.15) is 18.7 Å². The van der Waals surface area contributed by atoms with Crippen molar-refractivity contribution in [3.63, 3.8) is 0 Å². The minimum Gasteiger partial charge on any atom is -0.472 e. The van der Waals surface area contributed by atoms with E-state index in [1.54, 1.807) is 0 Å². The zero-order chi connectivity index (χ0) is 20.1. The summed E-state index contributed by atoms with van der Waals surface area (Å²) < 4.78 is 77.7. The van der Waals surface area contributed by atoms with Crippen LogP contribution in [0.2, 0.25) is 0 Å². The fraction of sp³-hybridized carbons (Fsp3) is 0.375. The summed E-state index contributed by atoms with van der Waals surface area (Å²) in [6.07, 6.45) is -1.95. The molecular weight excluding hydrogens is 389 g/mol. The molecule has 0 amide bonds. The third kappa shape index (κ3) is 3.23. The summed E-state index contributed by atoms with van der Waals surface area (Å²) in [5.74, 6) is -4.88. The molecule has 1 saturated carbocycles. The number of pyridine rings is 1. The zero-order valence-corrected chi connectivity index (χ0v) is 14.2. The highest BCUT2D eigenvalue weighted by molar-refractivity contribution is 5.59. The topological polar surface area (TPSA) is 74.4 Å². The Labute approximate surface area is 154 Å². The normalized spacial score (nSPS) is 16.9. The van der Waals surface area contributed by atoms with E-state index in [4.69, 9.17) is 4.74 Å². The largest absolute Gasteiger partial charge is 0.472 e. The first-order valence-electron chi connectivity index (χ1n) is 8.03. The smallest absolute Gasteiger partial charge is 0.417 e. The van der Waals surface area contributed by atoms with Gasteiger partial charge in [-0.1, -0.05) is 0 Å². The van der Waals surface area contributed by atoms with Gasteiger partial charge in [0.2, 0.25) is 5.82 Å². The summed E-state index contributed by atoms with van der Waals surface area (Å²) in [5, 5.41) is 6.97. The second-order valence-corrected chi connectivity index (χ2v) is 6.26. The Balaban J connectivity index is 1.63. The number of aromatic nitrogens is 5. The number of ether oxygens (including phenoxy) is 2. The van der Waals surface area contributed by atoms with Crippen molar-refractivity contribution in [1.29, 1.82) is 0 Å². The SMILES string of the molecule is COC(F)(F)c1nnc2cnc(-c3cnc(OC4CC(F)(F)C4)c(F)c3)cn12. The highest BCUT2D eigenvalue weighted by Gasteiger charge is 2.47. The highest BCUT2D eigenvalue weighted by Crippen LogP contribution is 2.40. The highest BCUT2D eigenvalue weighted by atomic mass is 19.3. The van der Waals surface area contributed by atoms with E-state index in [-0.39, 0.29) is 16.9 Å². The molecule has 28 heavy (non-hydrogen) atoms. The average molecular weight is 401 g/mol. The lowest BCUT2D eigenvalue weighted by Crippen LogP contribution is -2.43. The van der Waals surface area contributed by atoms with E-state index in [1.165, 1.54) is 18.6 Å². The molecule has 7 nitrogen and oxygen atoms in total. The van der Waals surface area contributed by atoms with Crippen molar-refractivity contribution < 1.29 is 31.4 Å². The molecule has 0 aromatic carbocycles. The van der Waals surface area contributed by atoms with Crippen LogP contribution < -0.4 is 4.74 Å². The second-order valence-electron chi connectivity index (χ2n) is 6.26. The molecular formula is C16H12F5N5O2. The molecule has 0 aliphatic heterocycles. The van der Waals surface area contributed by atoms with Gasteiger partial charge in [0, 0.05) is 37.9 Å². The first kappa shape index (κ1) is 18.5. The molecule has 0 radical (unpaired) electrons. The zero-order valence-electron chi connectivity index (χ0n) is 14.2. The van der Waals surface area contributed by atoms with Gasteiger partial charge in [0.15, 0.2) is 11.5 Å². The van der Waals surface area contributed by atoms with Gasteiger partial charge in [-0.2, -0.15) is 8.78 Å². The summed E-state index contributed by atoms with van der Waals surface area (Å²) in [7, 11) is 0.819. The van der Waals surface area contributed by atoms with Crippen LogP contribution in [0.5, 0.6) is 5.88 Å². The lowest BCUT2D eigenvalue weighted by atomic mass is 9.91. The molecule has 1 aliphatic rings. The van der Waals surface area contributed by atoms with E-state index >= 15 is 0 Å². The van der Waals surface area contributed by atoms with E-state index in [1.807, 2.05) is 0 Å². The van der Waals surface area contributed by atoms with Gasteiger partial charge in [-0.05, 0) is 6.07 Å². The van der Waals surface area contributed by atoms with Gasteiger partial charge in [0.25, 0.3) is 11.8 Å². The van der Waals surface area contributed by atoms with E-state index < -0.39 is 48.5 Å². The molecule has 0 N–H and O–H groups in total. The molecule has 1 fully saturated rings. The van der Waals surface area contributed by atoms with Crippen LogP contribution in [0.25, 0.3) is 16.9 Å². The maximum Gasteiger partial charge on any atom is 0.417 e. The van der Waals surface area contributed by atoms with Gasteiger partial charge in [-0.15, -0.1) is 10.2 Å². The predicted octanol–water partition coefficient (Wildman–Crippen LogP) is 3.20. The first-order chi connectivity index (χ1) is 13.2. The van der Waals surface area contributed by atoms with Crippen LogP contribution in [0.4, 0.5) is 22.0 Å². The molecule has 0 spiro atoms. The number of hydrogen-bond donors (Lipinski definition) is 0. The second kappa shape index (κ2) is 6.33. The fourth-order valence-electron chi connectivity index (χ4n) is 2.74.